The van der Waals surface area contributed by atoms with E-state index in [1.807, 2.05) is 18.2 Å². The number of halogens is 2. The smallest absolute Gasteiger partial charge is 0.185 e. The maximum absolute atomic E-state index is 8.72. The Morgan fingerprint density at radius 3 is 2.88 bits per heavy atom. The topological polar surface area (TPSA) is 48.7 Å². The van der Waals surface area contributed by atoms with Gasteiger partial charge in [-0.3, -0.25) is 0 Å². The van der Waals surface area contributed by atoms with Crippen molar-refractivity contribution in [1.82, 2.24) is 4.98 Å². The first-order valence-electron chi connectivity index (χ1n) is 4.23. The fraction of sp³-hybridized carbons (Fsp3) is 0.111. The third-order valence-electron chi connectivity index (χ3n) is 1.73. The third kappa shape index (κ3) is 2.74. The van der Waals surface area contributed by atoms with Gasteiger partial charge < -0.3 is 5.32 Å². The Bertz CT molecular complexity index is 543. The van der Waals surface area contributed by atoms with E-state index in [0.717, 1.165) is 3.79 Å². The molecule has 0 fully saturated rings. The first-order valence-corrected chi connectivity index (χ1v) is 7.04. The molecule has 1 N–H and O–H groups in total. The Balaban J connectivity index is 2.02. The summed E-state index contributed by atoms with van der Waals surface area (Å²) in [4.78, 5) is 5.68. The van der Waals surface area contributed by atoms with Gasteiger partial charge in [-0.2, -0.15) is 5.26 Å². The number of hydrogen-bond donors (Lipinski definition) is 1. The van der Waals surface area contributed by atoms with Crippen molar-refractivity contribution in [2.45, 2.75) is 6.54 Å². The molecule has 0 amide bonds. The van der Waals surface area contributed by atoms with E-state index in [-0.39, 0.29) is 5.15 Å². The first kappa shape index (κ1) is 11.9. The fourth-order valence-electron chi connectivity index (χ4n) is 1.06. The van der Waals surface area contributed by atoms with Gasteiger partial charge in [0.2, 0.25) is 0 Å². The van der Waals surface area contributed by atoms with Crippen LogP contribution in [0.5, 0.6) is 0 Å². The molecule has 7 heteroatoms. The summed E-state index contributed by atoms with van der Waals surface area (Å²) < 4.78 is 1.10. The average Bonchev–Trinajstić information content (AvgIpc) is 2.82. The quantitative estimate of drug-likeness (QED) is 0.919. The highest BCUT2D eigenvalue weighted by Gasteiger charge is 2.08. The first-order chi connectivity index (χ1) is 7.69. The molecule has 3 nitrogen and oxygen atoms in total. The summed E-state index contributed by atoms with van der Waals surface area (Å²) in [6, 6.07) is 6.02. The minimum atomic E-state index is 0.266. The van der Waals surface area contributed by atoms with Crippen molar-refractivity contribution in [3.8, 4) is 6.07 Å². The monoisotopic (exact) mass is 333 g/mol. The lowest BCUT2D eigenvalue weighted by molar-refractivity contribution is 1.17. The minimum Gasteiger partial charge on any atom is -0.357 e. The summed E-state index contributed by atoms with van der Waals surface area (Å²) in [6.45, 7) is 0.685. The van der Waals surface area contributed by atoms with Crippen LogP contribution in [0.25, 0.3) is 0 Å². The lowest BCUT2D eigenvalue weighted by Crippen LogP contribution is -1.95. The van der Waals surface area contributed by atoms with Gasteiger partial charge in [0.15, 0.2) is 10.3 Å². The molecule has 0 spiro atoms. The van der Waals surface area contributed by atoms with Crippen molar-refractivity contribution >= 4 is 55.3 Å². The number of anilines is 1. The number of thiophene rings is 1. The van der Waals surface area contributed by atoms with Crippen molar-refractivity contribution in [3.05, 3.63) is 30.8 Å². The zero-order chi connectivity index (χ0) is 11.5. The Morgan fingerprint density at radius 1 is 1.50 bits per heavy atom. The molecule has 0 aliphatic rings. The molecule has 0 saturated carbocycles. The van der Waals surface area contributed by atoms with Crippen LogP contribution in [0.15, 0.2) is 15.9 Å². The largest absolute Gasteiger partial charge is 0.357 e. The maximum Gasteiger partial charge on any atom is 0.185 e. The lowest BCUT2D eigenvalue weighted by Gasteiger charge is -1.97. The summed E-state index contributed by atoms with van der Waals surface area (Å²) in [6.07, 6.45) is 0. The van der Waals surface area contributed by atoms with Gasteiger partial charge in [-0.1, -0.05) is 22.9 Å². The molecule has 0 bridgehead atoms. The molecular formula is C9H5BrClN3S2. The highest BCUT2D eigenvalue weighted by Crippen LogP contribution is 2.27. The van der Waals surface area contributed by atoms with Gasteiger partial charge in [-0.25, -0.2) is 4.98 Å². The Morgan fingerprint density at radius 2 is 2.31 bits per heavy atom. The highest BCUT2D eigenvalue weighted by atomic mass is 79.9. The van der Waals surface area contributed by atoms with Gasteiger partial charge in [-0.05, 0) is 28.1 Å². The van der Waals surface area contributed by atoms with Gasteiger partial charge >= 0.3 is 0 Å². The van der Waals surface area contributed by atoms with Crippen molar-refractivity contribution in [1.29, 1.82) is 5.26 Å². The van der Waals surface area contributed by atoms with Crippen LogP contribution in [0.4, 0.5) is 5.13 Å². The summed E-state index contributed by atoms with van der Waals surface area (Å²) in [5.74, 6) is 0. The average molecular weight is 335 g/mol. The van der Waals surface area contributed by atoms with Crippen LogP contribution in [-0.4, -0.2) is 4.98 Å². The second-order valence-electron chi connectivity index (χ2n) is 2.81. The van der Waals surface area contributed by atoms with Crippen molar-refractivity contribution < 1.29 is 0 Å². The van der Waals surface area contributed by atoms with Crippen LogP contribution < -0.4 is 5.32 Å². The van der Waals surface area contributed by atoms with Gasteiger partial charge in [0.1, 0.15) is 10.9 Å². The molecule has 2 heterocycles. The summed E-state index contributed by atoms with van der Waals surface area (Å²) in [5.41, 5.74) is 0. The molecule has 0 atom stereocenters. The molecule has 16 heavy (non-hydrogen) atoms. The molecule has 0 aliphatic heterocycles. The number of rotatable bonds is 3. The summed E-state index contributed by atoms with van der Waals surface area (Å²) in [7, 11) is 0. The Labute approximate surface area is 114 Å². The molecular weight excluding hydrogens is 330 g/mol. The number of aromatic nitrogens is 1. The van der Waals surface area contributed by atoms with Gasteiger partial charge in [0.05, 0.1) is 10.3 Å². The number of nitrogens with one attached hydrogen (secondary N) is 1. The summed E-state index contributed by atoms with van der Waals surface area (Å²) in [5, 5.41) is 12.8. The van der Waals surface area contributed by atoms with Gasteiger partial charge in [0, 0.05) is 4.88 Å². The van der Waals surface area contributed by atoms with E-state index in [9.17, 15) is 0 Å². The second-order valence-corrected chi connectivity index (χ2v) is 6.71. The van der Waals surface area contributed by atoms with Crippen molar-refractivity contribution in [2.24, 2.45) is 0 Å². The molecule has 0 saturated heterocycles. The van der Waals surface area contributed by atoms with E-state index in [0.29, 0.717) is 16.6 Å². The summed E-state index contributed by atoms with van der Waals surface area (Å²) >= 11 is 12.1. The molecule has 0 unspecified atom stereocenters. The molecule has 82 valence electrons. The van der Waals surface area contributed by atoms with Crippen molar-refractivity contribution in [3.63, 3.8) is 0 Å². The highest BCUT2D eigenvalue weighted by molar-refractivity contribution is 9.11. The molecule has 0 aliphatic carbocycles. The van der Waals surface area contributed by atoms with Gasteiger partial charge in [0.25, 0.3) is 0 Å². The van der Waals surface area contributed by atoms with Crippen LogP contribution in [0.1, 0.15) is 9.75 Å². The van der Waals surface area contributed by atoms with Crippen LogP contribution >= 0.6 is 50.2 Å². The molecule has 0 aromatic carbocycles. The zero-order valence-corrected chi connectivity index (χ0v) is 11.8. The SMILES string of the molecule is N#Cc1sc(NCc2ccc(Br)s2)nc1Cl. The molecule has 2 rings (SSSR count). The number of hydrogen-bond acceptors (Lipinski definition) is 5. The van der Waals surface area contributed by atoms with Crippen LogP contribution in [0.2, 0.25) is 5.15 Å². The van der Waals surface area contributed by atoms with Crippen LogP contribution in [0, 0.1) is 11.3 Å². The Hall–Kier alpha value is -0.610. The minimum absolute atomic E-state index is 0.266. The molecule has 2 aromatic heterocycles. The molecule has 2 aromatic rings. The van der Waals surface area contributed by atoms with E-state index >= 15 is 0 Å². The normalized spacial score (nSPS) is 10.1. The van der Waals surface area contributed by atoms with E-state index < -0.39 is 0 Å². The van der Waals surface area contributed by atoms with E-state index in [1.54, 1.807) is 11.3 Å². The van der Waals surface area contributed by atoms with Gasteiger partial charge in [-0.15, -0.1) is 11.3 Å². The number of nitriles is 1. The maximum atomic E-state index is 8.72. The zero-order valence-electron chi connectivity index (χ0n) is 7.83. The third-order valence-corrected chi connectivity index (χ3v) is 4.66. The predicted molar refractivity (Wildman–Crippen MR) is 71.2 cm³/mol. The van der Waals surface area contributed by atoms with Crippen molar-refractivity contribution in [2.75, 3.05) is 5.32 Å². The second kappa shape index (κ2) is 5.15. The van der Waals surface area contributed by atoms with Crippen LogP contribution in [0.3, 0.4) is 0 Å². The number of nitrogens with zero attached hydrogens (tertiary/aromatic N) is 2. The van der Waals surface area contributed by atoms with E-state index in [1.165, 1.54) is 16.2 Å². The predicted octanol–water partition coefficient (Wildman–Crippen LogP) is 4.10. The van der Waals surface area contributed by atoms with E-state index in [4.69, 9.17) is 16.9 Å². The lowest BCUT2D eigenvalue weighted by atomic mass is 10.5. The fourth-order valence-corrected chi connectivity index (χ4v) is 3.42. The van der Waals surface area contributed by atoms with Crippen LogP contribution in [-0.2, 0) is 6.54 Å². The Kier molecular flexibility index (Phi) is 3.82. The van der Waals surface area contributed by atoms with E-state index in [2.05, 4.69) is 26.2 Å². The number of thiazole rings is 1. The molecule has 0 radical (unpaired) electrons. The standard InChI is InChI=1S/C9H5BrClN3S2/c10-7-2-1-5(15-7)4-13-9-14-8(11)6(3-12)16-9/h1-2H,4H2,(H,13,14).